The summed E-state index contributed by atoms with van der Waals surface area (Å²) in [5.74, 6) is 1.47. The molecule has 3 aliphatic rings. The van der Waals surface area contributed by atoms with E-state index < -0.39 is 0 Å². The summed E-state index contributed by atoms with van der Waals surface area (Å²) in [7, 11) is 0. The molecule has 244 valence electrons. The molecule has 0 aliphatic heterocycles. The highest BCUT2D eigenvalue weighted by Crippen LogP contribution is 2.54. The maximum absolute atomic E-state index is 5.93. The largest absolute Gasteiger partial charge is 0.297 e. The fourth-order valence-electron chi connectivity index (χ4n) is 9.21. The normalized spacial score (nSPS) is 19.0. The van der Waals surface area contributed by atoms with E-state index in [9.17, 15) is 0 Å². The molecule has 3 aliphatic carbocycles. The number of allylic oxidation sites excluding steroid dienone is 5. The van der Waals surface area contributed by atoms with Crippen LogP contribution in [0.3, 0.4) is 0 Å². The summed E-state index contributed by atoms with van der Waals surface area (Å²) >= 11 is 0. The van der Waals surface area contributed by atoms with Gasteiger partial charge in [0.05, 0.1) is 16.9 Å². The molecule has 0 bridgehead atoms. The van der Waals surface area contributed by atoms with Crippen LogP contribution in [-0.4, -0.2) is 10.4 Å². The second-order valence-corrected chi connectivity index (χ2v) is 15.2. The molecule has 1 atom stereocenters. The molecule has 2 heteroatoms. The highest BCUT2D eigenvalue weighted by molar-refractivity contribution is 6.28. The quantitative estimate of drug-likeness (QED) is 0.0791. The standard InChI is InChI=1S/C47H46N2/c1-5-30(2)46(48-44(31-18-8-6-9-19-31)32-20-10-7-11-21-32)49-42-29-39-36-25-15-13-23-34(36)33-22-12-14-24-35(33)38(39)28-40(42)43-45(49)37-26-16-17-27-41(37)47(43,3)4/h6,8,12-17,20,22-30H,5,7,9-11,18-19,21H2,1-4H3/b44-31+,48-46+. The van der Waals surface area contributed by atoms with Crippen LogP contribution in [0.5, 0.6) is 0 Å². The predicted molar refractivity (Wildman–Crippen MR) is 211 cm³/mol. The number of nitrogens with zero attached hydrogens (tertiary/aromatic N) is 2. The number of aromatic nitrogens is 1. The van der Waals surface area contributed by atoms with Gasteiger partial charge in [0.1, 0.15) is 5.84 Å². The zero-order chi connectivity index (χ0) is 33.3. The minimum absolute atomic E-state index is 0.141. The summed E-state index contributed by atoms with van der Waals surface area (Å²) in [6.07, 6.45) is 16.3. The summed E-state index contributed by atoms with van der Waals surface area (Å²) in [5, 5.41) is 9.29. The molecule has 49 heavy (non-hydrogen) atoms. The Labute approximate surface area is 290 Å². The van der Waals surface area contributed by atoms with Crippen LogP contribution in [-0.2, 0) is 5.41 Å². The average molecular weight is 639 g/mol. The molecule has 0 saturated heterocycles. The third kappa shape index (κ3) is 4.63. The number of rotatable bonds is 4. The van der Waals surface area contributed by atoms with Gasteiger partial charge < -0.3 is 0 Å². The van der Waals surface area contributed by atoms with Crippen LogP contribution >= 0.6 is 0 Å². The molecule has 5 aromatic carbocycles. The summed E-state index contributed by atoms with van der Waals surface area (Å²) < 4.78 is 2.62. The smallest absolute Gasteiger partial charge is 0.117 e. The third-order valence-electron chi connectivity index (χ3n) is 11.9. The first kappa shape index (κ1) is 30.4. The van der Waals surface area contributed by atoms with Crippen molar-refractivity contribution in [3.05, 3.63) is 131 Å². The van der Waals surface area contributed by atoms with E-state index in [0.717, 1.165) is 38.5 Å². The zero-order valence-corrected chi connectivity index (χ0v) is 29.4. The highest BCUT2D eigenvalue weighted by Gasteiger charge is 2.41. The molecule has 1 heterocycles. The number of aliphatic imine (C=N–C) groups is 1. The Morgan fingerprint density at radius 1 is 0.755 bits per heavy atom. The molecular formula is C47H46N2. The number of hydrogen-bond acceptors (Lipinski definition) is 1. The Morgan fingerprint density at radius 3 is 2.08 bits per heavy atom. The molecule has 0 saturated carbocycles. The van der Waals surface area contributed by atoms with Gasteiger partial charge in [-0.25, -0.2) is 4.99 Å². The Balaban J connectivity index is 1.45. The summed E-state index contributed by atoms with van der Waals surface area (Å²) in [6, 6.07) is 32.1. The van der Waals surface area contributed by atoms with E-state index >= 15 is 0 Å². The van der Waals surface area contributed by atoms with E-state index in [1.54, 1.807) is 0 Å². The van der Waals surface area contributed by atoms with Gasteiger partial charge in [-0.15, -0.1) is 0 Å². The van der Waals surface area contributed by atoms with Crippen LogP contribution < -0.4 is 0 Å². The lowest BCUT2D eigenvalue weighted by molar-refractivity contribution is 0.666. The van der Waals surface area contributed by atoms with E-state index in [2.05, 4.69) is 135 Å². The lowest BCUT2D eigenvalue weighted by Crippen LogP contribution is -2.22. The minimum Gasteiger partial charge on any atom is -0.297 e. The lowest BCUT2D eigenvalue weighted by Gasteiger charge is -2.24. The minimum atomic E-state index is -0.141. The summed E-state index contributed by atoms with van der Waals surface area (Å²) in [6.45, 7) is 9.58. The molecule has 2 nitrogen and oxygen atoms in total. The molecule has 0 N–H and O–H groups in total. The van der Waals surface area contributed by atoms with E-state index in [4.69, 9.17) is 4.99 Å². The Hall–Kier alpha value is -4.69. The first-order valence-electron chi connectivity index (χ1n) is 18.6. The van der Waals surface area contributed by atoms with Crippen molar-refractivity contribution in [3.63, 3.8) is 0 Å². The van der Waals surface area contributed by atoms with Crippen LogP contribution in [0.4, 0.5) is 0 Å². The molecule has 1 unspecified atom stereocenters. The van der Waals surface area contributed by atoms with Crippen LogP contribution in [0.2, 0.25) is 0 Å². The molecule has 1 aromatic heterocycles. The van der Waals surface area contributed by atoms with Gasteiger partial charge in [0.2, 0.25) is 0 Å². The van der Waals surface area contributed by atoms with E-state index in [1.165, 1.54) is 101 Å². The Morgan fingerprint density at radius 2 is 1.43 bits per heavy atom. The predicted octanol–water partition coefficient (Wildman–Crippen LogP) is 13.2. The van der Waals surface area contributed by atoms with Gasteiger partial charge in [0, 0.05) is 22.3 Å². The third-order valence-corrected chi connectivity index (χ3v) is 11.9. The van der Waals surface area contributed by atoms with Gasteiger partial charge in [0.25, 0.3) is 0 Å². The van der Waals surface area contributed by atoms with Gasteiger partial charge in [-0.3, -0.25) is 4.57 Å². The van der Waals surface area contributed by atoms with Crippen LogP contribution in [0.1, 0.15) is 90.2 Å². The van der Waals surface area contributed by atoms with Gasteiger partial charge in [0.15, 0.2) is 0 Å². The number of fused-ring (bicyclic) bond motifs is 11. The topological polar surface area (TPSA) is 17.3 Å². The van der Waals surface area contributed by atoms with Crippen molar-refractivity contribution < 1.29 is 0 Å². The van der Waals surface area contributed by atoms with E-state index in [0.29, 0.717) is 0 Å². The average Bonchev–Trinajstić information content (AvgIpc) is 3.61. The Kier molecular flexibility index (Phi) is 7.27. The summed E-state index contributed by atoms with van der Waals surface area (Å²) in [5.41, 5.74) is 10.9. The highest BCUT2D eigenvalue weighted by atomic mass is 15.1. The first-order valence-corrected chi connectivity index (χ1v) is 18.6. The number of hydrogen-bond donors (Lipinski definition) is 0. The molecule has 0 radical (unpaired) electrons. The SMILES string of the molecule is CCC(C)/C(=N\C(C1=CCCCC1)=C1/CC=CCC1)n1c2c(c3cc4c5ccccc5c5ccccc5c4cc31)C(C)(C)c1ccccc1-2. The lowest BCUT2D eigenvalue weighted by atomic mass is 9.81. The number of benzene rings is 5. The summed E-state index contributed by atoms with van der Waals surface area (Å²) in [4.78, 5) is 5.93. The van der Waals surface area contributed by atoms with Crippen molar-refractivity contribution in [2.45, 2.75) is 84.5 Å². The molecule has 9 rings (SSSR count). The zero-order valence-electron chi connectivity index (χ0n) is 29.4. The first-order chi connectivity index (χ1) is 24.0. The maximum atomic E-state index is 5.93. The Bertz CT molecular complexity index is 2440. The second-order valence-electron chi connectivity index (χ2n) is 15.2. The monoisotopic (exact) mass is 638 g/mol. The van der Waals surface area contributed by atoms with Crippen LogP contribution in [0.15, 0.2) is 125 Å². The molecule has 0 amide bonds. The van der Waals surface area contributed by atoms with Gasteiger partial charge in [-0.05, 0) is 118 Å². The molecular weight excluding hydrogens is 593 g/mol. The van der Waals surface area contributed by atoms with Crippen LogP contribution in [0.25, 0.3) is 54.5 Å². The fraction of sp³-hybridized carbons (Fsp3) is 0.298. The van der Waals surface area contributed by atoms with Crippen molar-refractivity contribution in [3.8, 4) is 11.3 Å². The maximum Gasteiger partial charge on any atom is 0.117 e. The van der Waals surface area contributed by atoms with Crippen molar-refractivity contribution >= 4 is 49.1 Å². The fourth-order valence-corrected chi connectivity index (χ4v) is 9.21. The van der Waals surface area contributed by atoms with Crippen LogP contribution in [0, 0.1) is 5.92 Å². The molecule has 0 spiro atoms. The van der Waals surface area contributed by atoms with E-state index in [1.807, 2.05) is 0 Å². The van der Waals surface area contributed by atoms with Crippen molar-refractivity contribution in [2.75, 3.05) is 0 Å². The van der Waals surface area contributed by atoms with Gasteiger partial charge in [-0.1, -0.05) is 119 Å². The molecule has 0 fully saturated rings. The second kappa shape index (κ2) is 11.7. The molecule has 6 aromatic rings. The van der Waals surface area contributed by atoms with E-state index in [-0.39, 0.29) is 11.3 Å². The van der Waals surface area contributed by atoms with Crippen molar-refractivity contribution in [2.24, 2.45) is 10.9 Å². The van der Waals surface area contributed by atoms with Crippen molar-refractivity contribution in [1.29, 1.82) is 0 Å². The van der Waals surface area contributed by atoms with Crippen molar-refractivity contribution in [1.82, 2.24) is 4.57 Å². The van der Waals surface area contributed by atoms with Gasteiger partial charge in [-0.2, -0.15) is 0 Å². The van der Waals surface area contributed by atoms with Gasteiger partial charge >= 0.3 is 0 Å².